The van der Waals surface area contributed by atoms with Gasteiger partial charge in [0.2, 0.25) is 0 Å². The van der Waals surface area contributed by atoms with Gasteiger partial charge in [0.25, 0.3) is 0 Å². The summed E-state index contributed by atoms with van der Waals surface area (Å²) >= 11 is 11.8. The Kier molecular flexibility index (Phi) is 4.49. The molecule has 0 bridgehead atoms. The largest absolute Gasteiger partial charge is 0.481 e. The molecule has 1 N–H and O–H groups in total. The monoisotopic (exact) mass is 321 g/mol. The first-order valence-electron chi connectivity index (χ1n) is 6.52. The summed E-state index contributed by atoms with van der Waals surface area (Å²) in [6, 6.07) is 9.54. The van der Waals surface area contributed by atoms with Crippen LogP contribution in [0, 0.1) is 6.92 Å². The summed E-state index contributed by atoms with van der Waals surface area (Å²) in [5.41, 5.74) is 3.36. The van der Waals surface area contributed by atoms with Gasteiger partial charge in [0, 0.05) is 12.7 Å². The van der Waals surface area contributed by atoms with Gasteiger partial charge in [0.15, 0.2) is 0 Å². The lowest BCUT2D eigenvalue weighted by Gasteiger charge is -2.12. The van der Waals surface area contributed by atoms with E-state index < -0.39 is 11.9 Å². The number of hydrogen-bond donors (Lipinski definition) is 1. The summed E-state index contributed by atoms with van der Waals surface area (Å²) in [5.74, 6) is -1.53. The Bertz CT molecular complexity index is 704. The van der Waals surface area contributed by atoms with E-state index in [1.807, 2.05) is 31.2 Å². The molecule has 0 saturated heterocycles. The van der Waals surface area contributed by atoms with Crippen molar-refractivity contribution in [2.75, 3.05) is 0 Å². The van der Waals surface area contributed by atoms with E-state index in [-0.39, 0.29) is 0 Å². The fourth-order valence-electron chi connectivity index (χ4n) is 2.23. The van der Waals surface area contributed by atoms with E-state index in [1.165, 1.54) is 0 Å². The third kappa shape index (κ3) is 3.01. The summed E-state index contributed by atoms with van der Waals surface area (Å²) < 4.78 is 1.77. The lowest BCUT2D eigenvalue weighted by molar-refractivity contribution is -0.138. The first-order chi connectivity index (χ1) is 9.82. The van der Waals surface area contributed by atoms with Crippen molar-refractivity contribution in [1.82, 2.24) is 4.57 Å². The van der Waals surface area contributed by atoms with E-state index in [1.54, 1.807) is 24.6 Å². The molecule has 1 atom stereocenters. The number of carbonyl (C=O) groups is 1. The molecule has 0 aliphatic heterocycles. The number of aryl methyl sites for hydroxylation is 1. The maximum Gasteiger partial charge on any atom is 0.312 e. The zero-order valence-corrected chi connectivity index (χ0v) is 13.6. The Morgan fingerprint density at radius 1 is 1.33 bits per heavy atom. The average molecular weight is 322 g/mol. The van der Waals surface area contributed by atoms with Gasteiger partial charge in [-0.05, 0) is 25.5 Å². The van der Waals surface area contributed by atoms with Crippen molar-refractivity contribution in [2.45, 2.75) is 19.8 Å². The van der Waals surface area contributed by atoms with Gasteiger partial charge in [0.1, 0.15) is 0 Å². The molecule has 0 amide bonds. The van der Waals surface area contributed by atoms with Crippen LogP contribution in [0.25, 0.3) is 0 Å². The van der Waals surface area contributed by atoms with Crippen LogP contribution in [0.3, 0.4) is 0 Å². The number of rotatable bonds is 4. The molecule has 21 heavy (non-hydrogen) atoms. The van der Waals surface area contributed by atoms with E-state index in [2.05, 4.69) is 0 Å². The highest BCUT2D eigenvalue weighted by Crippen LogP contribution is 2.28. The second kappa shape index (κ2) is 6.00. The van der Waals surface area contributed by atoms with Crippen molar-refractivity contribution in [1.29, 1.82) is 0 Å². The third-order valence-electron chi connectivity index (χ3n) is 3.57. The molecule has 1 unspecified atom stereocenters. The summed E-state index contributed by atoms with van der Waals surface area (Å²) in [6.45, 7) is 3.64. The number of benzene rings is 1. The van der Waals surface area contributed by atoms with Gasteiger partial charge < -0.3 is 9.67 Å². The number of carboxylic acids is 1. The van der Waals surface area contributed by atoms with Gasteiger partial charge in [-0.15, -0.1) is 0 Å². The van der Waals surface area contributed by atoms with Gasteiger partial charge in [-0.3, -0.25) is 4.79 Å². The van der Waals surface area contributed by atoms with Crippen molar-refractivity contribution in [3.63, 3.8) is 0 Å². The van der Waals surface area contributed by atoms with Crippen LogP contribution in [0.2, 0.25) is 5.02 Å². The average Bonchev–Trinajstić information content (AvgIpc) is 2.73. The Balaban J connectivity index is 2.47. The van der Waals surface area contributed by atoms with Crippen LogP contribution in [0.5, 0.6) is 0 Å². The molecule has 0 spiro atoms. The predicted octanol–water partition coefficient (Wildman–Crippen LogP) is 3.94. The Labute approximate surface area is 134 Å². The smallest absolute Gasteiger partial charge is 0.312 e. The van der Waals surface area contributed by atoms with Crippen LogP contribution in [-0.2, 0) is 11.8 Å². The van der Waals surface area contributed by atoms with Crippen LogP contribution in [0.1, 0.15) is 35.4 Å². The van der Waals surface area contributed by atoms with Crippen LogP contribution in [0.4, 0.5) is 0 Å². The van der Waals surface area contributed by atoms with Crippen molar-refractivity contribution in [3.8, 4) is 0 Å². The Morgan fingerprint density at radius 2 is 1.90 bits per heavy atom. The van der Waals surface area contributed by atoms with E-state index in [4.69, 9.17) is 28.9 Å². The number of nitrogens with zero attached hydrogens (tertiary/aromatic N) is 1. The molecule has 5 heteroatoms. The molecule has 1 heterocycles. The lowest BCUT2D eigenvalue weighted by atomic mass is 10.1. The Hall–Kier alpha value is -1.65. The molecule has 0 radical (unpaired) electrons. The molecule has 2 rings (SSSR count). The maximum atomic E-state index is 11.2. The highest BCUT2D eigenvalue weighted by atomic mass is 35.5. The van der Waals surface area contributed by atoms with Crippen molar-refractivity contribution in [2.24, 2.45) is 7.05 Å². The molecule has 2 aromatic rings. The Morgan fingerprint density at radius 3 is 2.43 bits per heavy atom. The summed E-state index contributed by atoms with van der Waals surface area (Å²) in [4.78, 5) is 11.8. The van der Waals surface area contributed by atoms with Gasteiger partial charge in [-0.25, -0.2) is 0 Å². The summed E-state index contributed by atoms with van der Waals surface area (Å²) in [6.07, 6.45) is 0. The minimum atomic E-state index is -0.889. The second-order valence-electron chi connectivity index (χ2n) is 5.08. The normalized spacial score (nSPS) is 12.2. The number of carboxylic acid groups (broad SMARTS) is 1. The third-order valence-corrected chi connectivity index (χ3v) is 4.28. The zero-order chi connectivity index (χ0) is 15.7. The topological polar surface area (TPSA) is 42.2 Å². The maximum absolute atomic E-state index is 11.2. The number of aliphatic carboxylic acids is 1. The summed E-state index contributed by atoms with van der Waals surface area (Å²) in [5, 5.41) is 9.63. The lowest BCUT2D eigenvalue weighted by Crippen LogP contribution is -2.14. The number of hydrogen-bond acceptors (Lipinski definition) is 2. The van der Waals surface area contributed by atoms with Gasteiger partial charge in [-0.2, -0.15) is 0 Å². The van der Waals surface area contributed by atoms with Crippen LogP contribution in [-0.4, -0.2) is 20.5 Å². The van der Waals surface area contributed by atoms with Crippen LogP contribution < -0.4 is 0 Å². The SMILES string of the molecule is Cc1ccc(C(=S)c2c(Cl)cc(C(C)C(=O)O)n2C)cc1. The van der Waals surface area contributed by atoms with E-state index in [0.717, 1.165) is 11.1 Å². The minimum absolute atomic E-state index is 0.478. The zero-order valence-electron chi connectivity index (χ0n) is 12.1. The van der Waals surface area contributed by atoms with Gasteiger partial charge in [0.05, 0.1) is 21.5 Å². The number of thiocarbonyl (C=S) groups is 1. The van der Waals surface area contributed by atoms with Crippen molar-refractivity contribution in [3.05, 3.63) is 57.9 Å². The highest BCUT2D eigenvalue weighted by Gasteiger charge is 2.23. The molecule has 110 valence electrons. The van der Waals surface area contributed by atoms with Crippen LogP contribution in [0.15, 0.2) is 30.3 Å². The molecule has 1 aromatic heterocycles. The first kappa shape index (κ1) is 15.7. The number of halogens is 1. The van der Waals surface area contributed by atoms with Crippen molar-refractivity contribution < 1.29 is 9.90 Å². The predicted molar refractivity (Wildman–Crippen MR) is 88.5 cm³/mol. The molecule has 0 aliphatic carbocycles. The van der Waals surface area contributed by atoms with Crippen LogP contribution >= 0.6 is 23.8 Å². The fourth-order valence-corrected chi connectivity index (χ4v) is 3.00. The van der Waals surface area contributed by atoms with E-state index in [0.29, 0.717) is 21.3 Å². The standard InChI is InChI=1S/C16H16ClNO2S/c1-9-4-6-11(7-5-9)15(21)14-12(17)8-13(18(14)3)10(2)16(19)20/h4-8,10H,1-3H3,(H,19,20). The molecule has 3 nitrogen and oxygen atoms in total. The fraction of sp³-hybridized carbons (Fsp3) is 0.250. The highest BCUT2D eigenvalue weighted by molar-refractivity contribution is 7.81. The quantitative estimate of drug-likeness (QED) is 0.685. The van der Waals surface area contributed by atoms with Gasteiger partial charge in [-0.1, -0.05) is 53.6 Å². The molecular weight excluding hydrogens is 306 g/mol. The second-order valence-corrected chi connectivity index (χ2v) is 5.90. The number of aromatic nitrogens is 1. The van der Waals surface area contributed by atoms with Gasteiger partial charge >= 0.3 is 5.97 Å². The van der Waals surface area contributed by atoms with E-state index >= 15 is 0 Å². The summed E-state index contributed by atoms with van der Waals surface area (Å²) in [7, 11) is 1.79. The molecular formula is C16H16ClNO2S. The van der Waals surface area contributed by atoms with E-state index in [9.17, 15) is 4.79 Å². The van der Waals surface area contributed by atoms with Crippen molar-refractivity contribution >= 4 is 34.7 Å². The molecule has 1 aromatic carbocycles. The minimum Gasteiger partial charge on any atom is -0.481 e. The first-order valence-corrected chi connectivity index (χ1v) is 7.30. The molecule has 0 fully saturated rings. The molecule has 0 saturated carbocycles. The molecule has 0 aliphatic rings.